The Labute approximate surface area is 158 Å². The van der Waals surface area contributed by atoms with Gasteiger partial charge in [-0.1, -0.05) is 42.1 Å². The maximum absolute atomic E-state index is 12.2. The van der Waals surface area contributed by atoms with Crippen molar-refractivity contribution in [3.63, 3.8) is 0 Å². The van der Waals surface area contributed by atoms with Crippen molar-refractivity contribution < 1.29 is 9.52 Å². The summed E-state index contributed by atoms with van der Waals surface area (Å²) < 4.78 is 5.34. The number of fused-ring (bicyclic) bond motifs is 1. The van der Waals surface area contributed by atoms with Crippen molar-refractivity contribution in [2.45, 2.75) is 0 Å². The highest BCUT2D eigenvalue weighted by atomic mass is 32.2. The van der Waals surface area contributed by atoms with Crippen LogP contribution in [0.25, 0.3) is 11.0 Å². The molecule has 0 spiro atoms. The topological polar surface area (TPSA) is 99.5 Å². The molecule has 2 heterocycles. The van der Waals surface area contributed by atoms with E-state index in [0.717, 1.165) is 5.39 Å². The molecule has 2 N–H and O–H groups in total. The lowest BCUT2D eigenvalue weighted by Gasteiger charge is -2.10. The van der Waals surface area contributed by atoms with E-state index in [2.05, 4.69) is 20.7 Å². The molecule has 0 radical (unpaired) electrons. The van der Waals surface area contributed by atoms with Crippen molar-refractivity contribution in [2.24, 2.45) is 15.3 Å². The lowest BCUT2D eigenvalue weighted by Crippen LogP contribution is -2.23. The largest absolute Gasteiger partial charge is 0.507 e. The van der Waals surface area contributed by atoms with Crippen LogP contribution in [0.2, 0.25) is 0 Å². The molecule has 27 heavy (non-hydrogen) atoms. The van der Waals surface area contributed by atoms with Crippen LogP contribution in [0.4, 0.5) is 0 Å². The number of phenols is 1. The molecule has 0 fully saturated rings. The quantitative estimate of drug-likeness (QED) is 0.415. The van der Waals surface area contributed by atoms with Gasteiger partial charge in [-0.15, -0.1) is 5.10 Å². The van der Waals surface area contributed by atoms with Crippen LogP contribution >= 0.6 is 11.8 Å². The molecular formula is C19H14N4O3S. The van der Waals surface area contributed by atoms with Crippen LogP contribution in [0.5, 0.6) is 5.75 Å². The summed E-state index contributed by atoms with van der Waals surface area (Å²) in [7, 11) is 0. The number of hydrazone groups is 1. The van der Waals surface area contributed by atoms with E-state index < -0.39 is 5.63 Å². The fraction of sp³-hybridized carbons (Fsp3) is 0.0526. The number of benzene rings is 2. The molecule has 0 saturated heterocycles. The zero-order valence-electron chi connectivity index (χ0n) is 14.0. The minimum absolute atomic E-state index is 0.143. The van der Waals surface area contributed by atoms with Crippen LogP contribution in [-0.2, 0) is 0 Å². The summed E-state index contributed by atoms with van der Waals surface area (Å²) in [6, 6.07) is 16.0. The van der Waals surface area contributed by atoms with Crippen LogP contribution in [0.15, 0.2) is 79.1 Å². The van der Waals surface area contributed by atoms with Gasteiger partial charge in [0.1, 0.15) is 11.3 Å². The van der Waals surface area contributed by atoms with E-state index >= 15 is 0 Å². The van der Waals surface area contributed by atoms with E-state index in [1.54, 1.807) is 36.4 Å². The average Bonchev–Trinajstić information content (AvgIpc) is 2.69. The number of rotatable bonds is 3. The summed E-state index contributed by atoms with van der Waals surface area (Å²) in [6.07, 6.45) is 1.50. The molecule has 1 aliphatic rings. The lowest BCUT2D eigenvalue weighted by molar-refractivity contribution is 0.474. The zero-order valence-corrected chi connectivity index (χ0v) is 14.8. The Hall–Kier alpha value is -3.39. The van der Waals surface area contributed by atoms with Crippen molar-refractivity contribution in [1.82, 2.24) is 5.43 Å². The Morgan fingerprint density at radius 3 is 2.78 bits per heavy atom. The second-order valence-corrected chi connectivity index (χ2v) is 6.62. The Bertz CT molecular complexity index is 1150. The first-order valence-electron chi connectivity index (χ1n) is 8.08. The van der Waals surface area contributed by atoms with E-state index in [0.29, 0.717) is 33.3 Å². The molecule has 0 unspecified atom stereocenters. The first-order valence-corrected chi connectivity index (χ1v) is 9.07. The van der Waals surface area contributed by atoms with Crippen LogP contribution in [0, 0.1) is 0 Å². The third-order valence-corrected chi connectivity index (χ3v) is 4.72. The minimum Gasteiger partial charge on any atom is -0.507 e. The van der Waals surface area contributed by atoms with Gasteiger partial charge in [0.05, 0.1) is 17.5 Å². The summed E-state index contributed by atoms with van der Waals surface area (Å²) in [6.45, 7) is 0. The molecule has 8 heteroatoms. The van der Waals surface area contributed by atoms with Crippen molar-refractivity contribution in [2.75, 3.05) is 5.75 Å². The van der Waals surface area contributed by atoms with Gasteiger partial charge in [-0.3, -0.25) is 5.43 Å². The molecule has 0 atom stereocenters. The minimum atomic E-state index is -0.433. The van der Waals surface area contributed by atoms with Crippen molar-refractivity contribution in [1.29, 1.82) is 0 Å². The molecule has 4 rings (SSSR count). The molecule has 0 aliphatic carbocycles. The molecule has 134 valence electrons. The van der Waals surface area contributed by atoms with Crippen molar-refractivity contribution in [3.8, 4) is 5.75 Å². The molecule has 7 nitrogen and oxygen atoms in total. The van der Waals surface area contributed by atoms with Gasteiger partial charge in [-0.25, -0.2) is 4.79 Å². The number of thioether (sulfide) groups is 1. The number of hydrogen-bond acceptors (Lipinski definition) is 8. The smallest absolute Gasteiger partial charge is 0.345 e. The Morgan fingerprint density at radius 2 is 1.96 bits per heavy atom. The fourth-order valence-corrected chi connectivity index (χ4v) is 3.21. The monoisotopic (exact) mass is 378 g/mol. The first-order chi connectivity index (χ1) is 13.2. The van der Waals surface area contributed by atoms with E-state index in [1.807, 2.05) is 18.2 Å². The first kappa shape index (κ1) is 17.0. The summed E-state index contributed by atoms with van der Waals surface area (Å²) in [5.74, 6) is 0.603. The second-order valence-electron chi connectivity index (χ2n) is 5.65. The number of nitrogens with one attached hydrogen (secondary N) is 1. The van der Waals surface area contributed by atoms with Gasteiger partial charge in [0.15, 0.2) is 0 Å². The van der Waals surface area contributed by atoms with Gasteiger partial charge >= 0.3 is 5.63 Å². The van der Waals surface area contributed by atoms with Gasteiger partial charge in [-0.05, 0) is 24.3 Å². The third kappa shape index (κ3) is 3.75. The summed E-state index contributed by atoms with van der Waals surface area (Å²) >= 11 is 1.37. The Balaban J connectivity index is 1.52. The molecule has 0 saturated carbocycles. The van der Waals surface area contributed by atoms with Gasteiger partial charge < -0.3 is 9.52 Å². The highest BCUT2D eigenvalue weighted by molar-refractivity contribution is 8.14. The molecular weight excluding hydrogens is 364 g/mol. The summed E-state index contributed by atoms with van der Waals surface area (Å²) in [4.78, 5) is 12.2. The van der Waals surface area contributed by atoms with Crippen molar-refractivity contribution >= 4 is 39.8 Å². The second kappa shape index (κ2) is 7.46. The number of nitrogens with zero attached hydrogens (tertiary/aromatic N) is 3. The molecule has 3 aromatic rings. The van der Waals surface area contributed by atoms with E-state index in [4.69, 9.17) is 4.42 Å². The van der Waals surface area contributed by atoms with Crippen LogP contribution in [0.3, 0.4) is 0 Å². The van der Waals surface area contributed by atoms with Gasteiger partial charge in [0.25, 0.3) is 0 Å². The normalized spacial score (nSPS) is 14.2. The number of aromatic hydroxyl groups is 1. The predicted molar refractivity (Wildman–Crippen MR) is 108 cm³/mol. The molecule has 2 aromatic carbocycles. The number of amidine groups is 1. The maximum Gasteiger partial charge on any atom is 0.345 e. The Morgan fingerprint density at radius 1 is 1.15 bits per heavy atom. The SMILES string of the molecule is O=c1oc2ccccc2cc1C1=NN=C(N/N=C/c2ccccc2O)SC1. The number of phenolic OH excluding ortho intramolecular Hbond substituents is 1. The van der Waals surface area contributed by atoms with E-state index in [1.165, 1.54) is 18.0 Å². The summed E-state index contributed by atoms with van der Waals surface area (Å²) in [5.41, 5.74) is 4.43. The molecule has 1 aromatic heterocycles. The number of para-hydroxylation sites is 2. The van der Waals surface area contributed by atoms with Crippen LogP contribution < -0.4 is 11.1 Å². The standard InChI is InChI=1S/C19H14N4O3S/c24-16-7-3-1-6-13(16)10-20-22-19-23-21-15(11-27-19)14-9-12-5-2-4-8-17(12)26-18(14)25/h1-10,24H,11H2,(H,22,23)/b20-10+. The fourth-order valence-electron chi connectivity index (χ4n) is 2.50. The molecule has 0 bridgehead atoms. The Kier molecular flexibility index (Phi) is 4.71. The van der Waals surface area contributed by atoms with Gasteiger partial charge in [0, 0.05) is 16.7 Å². The predicted octanol–water partition coefficient (Wildman–Crippen LogP) is 2.93. The highest BCUT2D eigenvalue weighted by Gasteiger charge is 2.16. The number of hydrogen-bond donors (Lipinski definition) is 2. The van der Waals surface area contributed by atoms with Gasteiger partial charge in [0.2, 0.25) is 5.17 Å². The molecule has 1 aliphatic heterocycles. The highest BCUT2D eigenvalue weighted by Crippen LogP contribution is 2.17. The third-order valence-electron chi connectivity index (χ3n) is 3.86. The summed E-state index contributed by atoms with van der Waals surface area (Å²) in [5, 5.41) is 23.3. The zero-order chi connectivity index (χ0) is 18.6. The van der Waals surface area contributed by atoms with Crippen molar-refractivity contribution in [3.05, 3.63) is 76.1 Å². The van der Waals surface area contributed by atoms with E-state index in [-0.39, 0.29) is 5.75 Å². The van der Waals surface area contributed by atoms with Crippen LogP contribution in [-0.4, -0.2) is 28.0 Å². The maximum atomic E-state index is 12.2. The lowest BCUT2D eigenvalue weighted by atomic mass is 10.1. The molecule has 0 amide bonds. The van der Waals surface area contributed by atoms with Crippen LogP contribution in [0.1, 0.15) is 11.1 Å². The van der Waals surface area contributed by atoms with E-state index in [9.17, 15) is 9.90 Å². The average molecular weight is 378 g/mol. The van der Waals surface area contributed by atoms with Gasteiger partial charge in [-0.2, -0.15) is 10.2 Å².